The third kappa shape index (κ3) is 3.01. The lowest BCUT2D eigenvalue weighted by molar-refractivity contribution is 0.815. The summed E-state index contributed by atoms with van der Waals surface area (Å²) in [7, 11) is 1.82. The second-order valence-corrected chi connectivity index (χ2v) is 5.27. The Labute approximate surface area is 117 Å². The van der Waals surface area contributed by atoms with Gasteiger partial charge in [-0.15, -0.1) is 11.3 Å². The monoisotopic (exact) mass is 277 g/mol. The molecule has 6 heteroatoms. The van der Waals surface area contributed by atoms with E-state index < -0.39 is 0 Å². The average molecular weight is 277 g/mol. The van der Waals surface area contributed by atoms with Crippen molar-refractivity contribution in [2.24, 2.45) is 0 Å². The zero-order valence-electron chi connectivity index (χ0n) is 11.8. The van der Waals surface area contributed by atoms with Crippen molar-refractivity contribution in [1.82, 2.24) is 15.0 Å². The number of rotatable bonds is 5. The highest BCUT2D eigenvalue weighted by molar-refractivity contribution is 7.10. The van der Waals surface area contributed by atoms with Crippen LogP contribution in [0.15, 0.2) is 11.4 Å². The molecule has 0 spiro atoms. The molecule has 1 N–H and O–H groups in total. The minimum Gasteiger partial charge on any atom is -0.357 e. The Balaban J connectivity index is 2.46. The van der Waals surface area contributed by atoms with E-state index in [0.29, 0.717) is 5.95 Å². The number of thiophene rings is 1. The smallest absolute Gasteiger partial charge is 0.230 e. The quantitative estimate of drug-likeness (QED) is 0.910. The van der Waals surface area contributed by atoms with Crippen LogP contribution in [0.25, 0.3) is 11.4 Å². The van der Waals surface area contributed by atoms with Gasteiger partial charge in [-0.2, -0.15) is 15.0 Å². The molecule has 2 aromatic heterocycles. The fraction of sp³-hybridized carbons (Fsp3) is 0.462. The van der Waals surface area contributed by atoms with E-state index in [1.54, 1.807) is 11.3 Å². The molecule has 0 unspecified atom stereocenters. The molecule has 2 aromatic rings. The molecule has 0 saturated heterocycles. The van der Waals surface area contributed by atoms with Crippen LogP contribution in [0.5, 0.6) is 0 Å². The van der Waals surface area contributed by atoms with Crippen molar-refractivity contribution in [3.8, 4) is 11.4 Å². The summed E-state index contributed by atoms with van der Waals surface area (Å²) in [6.45, 7) is 8.04. The molecule has 0 radical (unpaired) electrons. The van der Waals surface area contributed by atoms with Crippen molar-refractivity contribution in [1.29, 1.82) is 0 Å². The first-order valence-corrected chi connectivity index (χ1v) is 7.30. The third-order valence-electron chi connectivity index (χ3n) is 2.88. The molecule has 0 aromatic carbocycles. The van der Waals surface area contributed by atoms with Crippen molar-refractivity contribution in [2.75, 3.05) is 30.4 Å². The minimum absolute atomic E-state index is 0.607. The van der Waals surface area contributed by atoms with Gasteiger partial charge in [0.05, 0.1) is 0 Å². The van der Waals surface area contributed by atoms with E-state index in [0.717, 1.165) is 30.4 Å². The normalized spacial score (nSPS) is 10.5. The topological polar surface area (TPSA) is 53.9 Å². The molecule has 0 fully saturated rings. The third-order valence-corrected chi connectivity index (χ3v) is 3.74. The van der Waals surface area contributed by atoms with E-state index in [2.05, 4.69) is 57.4 Å². The Bertz CT molecular complexity index is 548. The van der Waals surface area contributed by atoms with Gasteiger partial charge in [-0.1, -0.05) is 0 Å². The lowest BCUT2D eigenvalue weighted by Crippen LogP contribution is -2.25. The zero-order chi connectivity index (χ0) is 13.8. The fourth-order valence-corrected chi connectivity index (χ4v) is 2.50. The predicted molar refractivity (Wildman–Crippen MR) is 81.0 cm³/mol. The zero-order valence-corrected chi connectivity index (χ0v) is 12.6. The van der Waals surface area contributed by atoms with Crippen LogP contribution in [-0.4, -0.2) is 35.1 Å². The summed E-state index contributed by atoms with van der Waals surface area (Å²) in [5.74, 6) is 2.06. The van der Waals surface area contributed by atoms with E-state index in [-0.39, 0.29) is 0 Å². The summed E-state index contributed by atoms with van der Waals surface area (Å²) in [6, 6.07) is 2.10. The Morgan fingerprint density at radius 1 is 1.21 bits per heavy atom. The molecule has 102 valence electrons. The second kappa shape index (κ2) is 5.97. The van der Waals surface area contributed by atoms with Gasteiger partial charge in [0.15, 0.2) is 5.82 Å². The van der Waals surface area contributed by atoms with Crippen molar-refractivity contribution in [3.63, 3.8) is 0 Å². The molecular formula is C13H19N5S. The van der Waals surface area contributed by atoms with E-state index in [4.69, 9.17) is 0 Å². The van der Waals surface area contributed by atoms with E-state index >= 15 is 0 Å². The van der Waals surface area contributed by atoms with Crippen molar-refractivity contribution in [2.45, 2.75) is 20.8 Å². The first-order valence-electron chi connectivity index (χ1n) is 6.42. The van der Waals surface area contributed by atoms with Crippen molar-refractivity contribution >= 4 is 23.2 Å². The molecule has 19 heavy (non-hydrogen) atoms. The highest BCUT2D eigenvalue weighted by atomic mass is 32.1. The summed E-state index contributed by atoms with van der Waals surface area (Å²) < 4.78 is 0. The standard InChI is InChI=1S/C13H19N5S/c1-5-18(6-2)13-16-11(15-12(14-4)17-13)10-7-9(3)19-8-10/h7-8H,5-6H2,1-4H3,(H,14,15,16,17). The van der Waals surface area contributed by atoms with Crippen LogP contribution in [0.4, 0.5) is 11.9 Å². The molecule has 2 rings (SSSR count). The maximum Gasteiger partial charge on any atom is 0.230 e. The number of hydrogen-bond acceptors (Lipinski definition) is 6. The lowest BCUT2D eigenvalue weighted by atomic mass is 10.3. The van der Waals surface area contributed by atoms with Gasteiger partial charge in [0.2, 0.25) is 11.9 Å². The number of hydrogen-bond donors (Lipinski definition) is 1. The number of aromatic nitrogens is 3. The highest BCUT2D eigenvalue weighted by Crippen LogP contribution is 2.24. The van der Waals surface area contributed by atoms with Gasteiger partial charge in [0, 0.05) is 36.0 Å². The van der Waals surface area contributed by atoms with Crippen LogP contribution in [-0.2, 0) is 0 Å². The lowest BCUT2D eigenvalue weighted by Gasteiger charge is -2.19. The highest BCUT2D eigenvalue weighted by Gasteiger charge is 2.12. The molecule has 5 nitrogen and oxygen atoms in total. The maximum absolute atomic E-state index is 4.58. The van der Waals surface area contributed by atoms with Crippen molar-refractivity contribution < 1.29 is 0 Å². The van der Waals surface area contributed by atoms with E-state index in [1.807, 2.05) is 7.05 Å². The number of aryl methyl sites for hydroxylation is 1. The Hall–Kier alpha value is -1.69. The van der Waals surface area contributed by atoms with Crippen LogP contribution >= 0.6 is 11.3 Å². The van der Waals surface area contributed by atoms with Gasteiger partial charge in [-0.25, -0.2) is 0 Å². The number of nitrogens with one attached hydrogen (secondary N) is 1. The van der Waals surface area contributed by atoms with Gasteiger partial charge in [-0.05, 0) is 26.8 Å². The average Bonchev–Trinajstić information content (AvgIpc) is 2.86. The molecule has 0 aliphatic rings. The largest absolute Gasteiger partial charge is 0.357 e. The van der Waals surface area contributed by atoms with Crippen LogP contribution < -0.4 is 10.2 Å². The molecule has 0 saturated carbocycles. The molecule has 0 amide bonds. The number of anilines is 2. The maximum atomic E-state index is 4.58. The van der Waals surface area contributed by atoms with Crippen molar-refractivity contribution in [3.05, 3.63) is 16.3 Å². The molecular weight excluding hydrogens is 258 g/mol. The van der Waals surface area contributed by atoms with Gasteiger partial charge >= 0.3 is 0 Å². The molecule has 0 aliphatic heterocycles. The van der Waals surface area contributed by atoms with Crippen LogP contribution in [0.1, 0.15) is 18.7 Å². The minimum atomic E-state index is 0.607. The van der Waals surface area contributed by atoms with Gasteiger partial charge in [0.25, 0.3) is 0 Å². The van der Waals surface area contributed by atoms with Gasteiger partial charge in [0.1, 0.15) is 0 Å². The summed E-state index contributed by atoms with van der Waals surface area (Å²) in [4.78, 5) is 16.8. The summed E-state index contributed by atoms with van der Waals surface area (Å²) >= 11 is 1.70. The SMILES string of the molecule is CCN(CC)c1nc(NC)nc(-c2csc(C)c2)n1. The van der Waals surface area contributed by atoms with Gasteiger partial charge in [-0.3, -0.25) is 0 Å². The van der Waals surface area contributed by atoms with Crippen LogP contribution in [0.2, 0.25) is 0 Å². The second-order valence-electron chi connectivity index (χ2n) is 4.15. The van der Waals surface area contributed by atoms with Crippen LogP contribution in [0.3, 0.4) is 0 Å². The molecule has 0 bridgehead atoms. The first kappa shape index (κ1) is 13.7. The van der Waals surface area contributed by atoms with Crippen LogP contribution in [0, 0.1) is 6.92 Å². The molecule has 0 atom stereocenters. The van der Waals surface area contributed by atoms with E-state index in [9.17, 15) is 0 Å². The summed E-state index contributed by atoms with van der Waals surface area (Å²) in [5, 5.41) is 5.08. The number of nitrogens with zero attached hydrogens (tertiary/aromatic N) is 4. The molecule has 0 aliphatic carbocycles. The Morgan fingerprint density at radius 2 is 1.95 bits per heavy atom. The fourth-order valence-electron chi connectivity index (χ4n) is 1.81. The first-order chi connectivity index (χ1) is 9.17. The Morgan fingerprint density at radius 3 is 2.47 bits per heavy atom. The summed E-state index contributed by atoms with van der Waals surface area (Å²) in [5.41, 5.74) is 1.05. The predicted octanol–water partition coefficient (Wildman–Crippen LogP) is 2.80. The molecule has 2 heterocycles. The van der Waals surface area contributed by atoms with Gasteiger partial charge < -0.3 is 10.2 Å². The Kier molecular flexibility index (Phi) is 4.31. The summed E-state index contributed by atoms with van der Waals surface area (Å²) in [6.07, 6.45) is 0. The van der Waals surface area contributed by atoms with E-state index in [1.165, 1.54) is 4.88 Å².